The number of nitrogens with zero attached hydrogens (tertiary/aromatic N) is 3. The van der Waals surface area contributed by atoms with Crippen LogP contribution < -0.4 is 15.0 Å². The molecule has 1 unspecified atom stereocenters. The average Bonchev–Trinajstić information content (AvgIpc) is 3.18. The zero-order valence-electron chi connectivity index (χ0n) is 17.4. The van der Waals surface area contributed by atoms with E-state index in [2.05, 4.69) is 20.1 Å². The molecule has 158 valence electrons. The number of aromatic nitrogens is 1. The van der Waals surface area contributed by atoms with Gasteiger partial charge in [-0.15, -0.1) is 0 Å². The van der Waals surface area contributed by atoms with Crippen LogP contribution in [0.1, 0.15) is 38.5 Å². The predicted molar refractivity (Wildman–Crippen MR) is 113 cm³/mol. The van der Waals surface area contributed by atoms with Crippen molar-refractivity contribution in [1.29, 1.82) is 0 Å². The molecule has 1 aromatic carbocycles. The number of hydrogen-bond acceptors (Lipinski definition) is 6. The van der Waals surface area contributed by atoms with E-state index in [1.165, 1.54) is 32.4 Å². The topological polar surface area (TPSA) is 70.8 Å². The van der Waals surface area contributed by atoms with E-state index < -0.39 is 0 Å². The highest BCUT2D eigenvalue weighted by molar-refractivity contribution is 5.77. The van der Waals surface area contributed by atoms with E-state index in [0.29, 0.717) is 18.4 Å². The molecule has 2 aliphatic heterocycles. The minimum absolute atomic E-state index is 0.163. The normalized spacial score (nSPS) is 20.7. The number of benzene rings is 1. The Morgan fingerprint density at radius 3 is 2.93 bits per heavy atom. The van der Waals surface area contributed by atoms with E-state index in [1.54, 1.807) is 7.11 Å². The summed E-state index contributed by atoms with van der Waals surface area (Å²) in [6.07, 6.45) is 6.61. The highest BCUT2D eigenvalue weighted by Gasteiger charge is 2.25. The first kappa shape index (κ1) is 20.0. The lowest BCUT2D eigenvalue weighted by atomic mass is 9.94. The second-order valence-corrected chi connectivity index (χ2v) is 8.24. The number of rotatable bonds is 7. The largest absolute Gasteiger partial charge is 0.497 e. The van der Waals surface area contributed by atoms with Gasteiger partial charge in [0.15, 0.2) is 5.58 Å². The Labute approximate surface area is 172 Å². The highest BCUT2D eigenvalue weighted by Crippen LogP contribution is 2.29. The van der Waals surface area contributed by atoms with E-state index in [4.69, 9.17) is 9.15 Å². The molecule has 1 atom stereocenters. The molecule has 7 nitrogen and oxygen atoms in total. The number of ether oxygens (including phenoxy) is 1. The summed E-state index contributed by atoms with van der Waals surface area (Å²) >= 11 is 0. The third-order valence-electron chi connectivity index (χ3n) is 6.05. The number of nitrogens with one attached hydrogen (secondary N) is 1. The third-order valence-corrected chi connectivity index (χ3v) is 6.05. The Kier molecular flexibility index (Phi) is 6.54. The average molecular weight is 401 g/mol. The van der Waals surface area contributed by atoms with Crippen LogP contribution in [0, 0.1) is 5.92 Å². The third kappa shape index (κ3) is 5.21. The second kappa shape index (κ2) is 9.48. The fraction of sp³-hybridized carbons (Fsp3) is 0.636. The van der Waals surface area contributed by atoms with Crippen LogP contribution in [0.3, 0.4) is 0 Å². The van der Waals surface area contributed by atoms with Gasteiger partial charge in [-0.1, -0.05) is 6.42 Å². The predicted octanol–water partition coefficient (Wildman–Crippen LogP) is 3.05. The van der Waals surface area contributed by atoms with Crippen LogP contribution in [0.5, 0.6) is 5.75 Å². The lowest BCUT2D eigenvalue weighted by molar-refractivity contribution is -0.122. The van der Waals surface area contributed by atoms with Gasteiger partial charge in [0, 0.05) is 38.7 Å². The van der Waals surface area contributed by atoms with Crippen molar-refractivity contribution < 1.29 is 13.9 Å². The minimum Gasteiger partial charge on any atom is -0.497 e. The van der Waals surface area contributed by atoms with Gasteiger partial charge in [-0.25, -0.2) is 0 Å². The molecule has 1 N–H and O–H groups in total. The minimum atomic E-state index is 0.163. The first-order chi connectivity index (χ1) is 14.2. The van der Waals surface area contributed by atoms with Crippen LogP contribution in [0.4, 0.5) is 6.01 Å². The first-order valence-electron chi connectivity index (χ1n) is 10.9. The molecule has 1 aromatic heterocycles. The van der Waals surface area contributed by atoms with Gasteiger partial charge in [0.2, 0.25) is 5.91 Å². The van der Waals surface area contributed by atoms with Crippen molar-refractivity contribution in [3.63, 3.8) is 0 Å². The summed E-state index contributed by atoms with van der Waals surface area (Å²) in [5.74, 6) is 1.27. The molecule has 3 heterocycles. The Morgan fingerprint density at radius 2 is 2.10 bits per heavy atom. The zero-order valence-corrected chi connectivity index (χ0v) is 17.4. The van der Waals surface area contributed by atoms with Crippen molar-refractivity contribution in [2.24, 2.45) is 5.92 Å². The molecule has 0 bridgehead atoms. The summed E-state index contributed by atoms with van der Waals surface area (Å²) in [7, 11) is 1.65. The Hall–Kier alpha value is -2.28. The first-order valence-corrected chi connectivity index (χ1v) is 10.9. The van der Waals surface area contributed by atoms with Gasteiger partial charge >= 0.3 is 0 Å². The van der Waals surface area contributed by atoms with E-state index in [-0.39, 0.29) is 5.91 Å². The smallest absolute Gasteiger partial charge is 0.298 e. The van der Waals surface area contributed by atoms with Crippen LogP contribution in [0.15, 0.2) is 22.6 Å². The number of carbonyl (C=O) groups is 1. The monoisotopic (exact) mass is 400 g/mol. The number of carbonyl (C=O) groups excluding carboxylic acids is 1. The van der Waals surface area contributed by atoms with Gasteiger partial charge in [0.1, 0.15) is 11.3 Å². The van der Waals surface area contributed by atoms with Gasteiger partial charge in [0.25, 0.3) is 6.01 Å². The fourth-order valence-corrected chi connectivity index (χ4v) is 4.43. The standard InChI is InChI=1S/C22H32N4O3/c1-28-18-7-8-20-19(15-18)24-22(29-20)26-12-5-6-17(16-26)14-21(27)23-9-13-25-10-3-2-4-11-25/h7-8,15,17H,2-6,9-14,16H2,1H3,(H,23,27). The maximum Gasteiger partial charge on any atom is 0.298 e. The van der Waals surface area contributed by atoms with Crippen molar-refractivity contribution in [2.75, 3.05) is 51.3 Å². The molecule has 2 aliphatic rings. The van der Waals surface area contributed by atoms with Crippen LogP contribution >= 0.6 is 0 Å². The molecule has 2 aromatic rings. The Bertz CT molecular complexity index is 815. The molecule has 29 heavy (non-hydrogen) atoms. The molecule has 1 amide bonds. The number of likely N-dealkylation sites (tertiary alicyclic amines) is 1. The lowest BCUT2D eigenvalue weighted by Crippen LogP contribution is -2.40. The summed E-state index contributed by atoms with van der Waals surface area (Å²) in [5.41, 5.74) is 1.57. The molecule has 0 radical (unpaired) electrons. The van der Waals surface area contributed by atoms with Crippen molar-refractivity contribution in [3.8, 4) is 5.75 Å². The number of fused-ring (bicyclic) bond motifs is 1. The molecule has 0 spiro atoms. The second-order valence-electron chi connectivity index (χ2n) is 8.24. The van der Waals surface area contributed by atoms with Crippen molar-refractivity contribution >= 4 is 23.0 Å². The van der Waals surface area contributed by atoms with Crippen LogP contribution in [0.2, 0.25) is 0 Å². The van der Waals surface area contributed by atoms with E-state index in [0.717, 1.165) is 55.9 Å². The maximum absolute atomic E-state index is 12.4. The summed E-state index contributed by atoms with van der Waals surface area (Å²) in [4.78, 5) is 21.7. The van der Waals surface area contributed by atoms with E-state index in [1.807, 2.05) is 18.2 Å². The molecular weight excluding hydrogens is 368 g/mol. The molecule has 4 rings (SSSR count). The maximum atomic E-state index is 12.4. The van der Waals surface area contributed by atoms with E-state index >= 15 is 0 Å². The lowest BCUT2D eigenvalue weighted by Gasteiger charge is -2.31. The molecule has 0 saturated carbocycles. The molecule has 2 saturated heterocycles. The molecule has 7 heteroatoms. The fourth-order valence-electron chi connectivity index (χ4n) is 4.43. The number of anilines is 1. The summed E-state index contributed by atoms with van der Waals surface area (Å²) in [5, 5.41) is 3.11. The van der Waals surface area contributed by atoms with Crippen LogP contribution in [-0.4, -0.2) is 62.2 Å². The van der Waals surface area contributed by atoms with Crippen LogP contribution in [0.25, 0.3) is 11.1 Å². The van der Waals surface area contributed by atoms with Crippen LogP contribution in [-0.2, 0) is 4.79 Å². The zero-order chi connectivity index (χ0) is 20.1. The van der Waals surface area contributed by atoms with Crippen molar-refractivity contribution in [2.45, 2.75) is 38.5 Å². The SMILES string of the molecule is COc1ccc2oc(N3CCCC(CC(=O)NCCN4CCCCC4)C3)nc2c1. The quantitative estimate of drug-likeness (QED) is 0.770. The number of methoxy groups -OCH3 is 1. The molecule has 2 fully saturated rings. The van der Waals surface area contributed by atoms with Gasteiger partial charge in [-0.05, 0) is 56.8 Å². The highest BCUT2D eigenvalue weighted by atomic mass is 16.5. The van der Waals surface area contributed by atoms with Gasteiger partial charge < -0.3 is 24.3 Å². The van der Waals surface area contributed by atoms with Gasteiger partial charge in [0.05, 0.1) is 7.11 Å². The van der Waals surface area contributed by atoms with Gasteiger partial charge in [-0.2, -0.15) is 4.98 Å². The Balaban J connectivity index is 1.27. The molecular formula is C22H32N4O3. The summed E-state index contributed by atoms with van der Waals surface area (Å²) in [6.45, 7) is 5.78. The van der Waals surface area contributed by atoms with E-state index in [9.17, 15) is 4.79 Å². The number of amides is 1. The van der Waals surface area contributed by atoms with Crippen molar-refractivity contribution in [3.05, 3.63) is 18.2 Å². The number of oxazole rings is 1. The van der Waals surface area contributed by atoms with Crippen molar-refractivity contribution in [1.82, 2.24) is 15.2 Å². The number of hydrogen-bond donors (Lipinski definition) is 1. The van der Waals surface area contributed by atoms with Gasteiger partial charge in [-0.3, -0.25) is 4.79 Å². The Morgan fingerprint density at radius 1 is 1.24 bits per heavy atom. The molecule has 0 aliphatic carbocycles. The summed E-state index contributed by atoms with van der Waals surface area (Å²) < 4.78 is 11.2. The summed E-state index contributed by atoms with van der Waals surface area (Å²) in [6, 6.07) is 6.30. The number of piperidine rings is 2.